The number of ether oxygens (including phenoxy) is 2. The smallest absolute Gasteiger partial charge is 0.261 e. The van der Waals surface area contributed by atoms with Crippen LogP contribution in [0.4, 0.5) is 11.5 Å². The van der Waals surface area contributed by atoms with Crippen molar-refractivity contribution < 1.29 is 14.3 Å². The van der Waals surface area contributed by atoms with Crippen LogP contribution < -0.4 is 25.4 Å². The van der Waals surface area contributed by atoms with Gasteiger partial charge in [0, 0.05) is 43.4 Å². The van der Waals surface area contributed by atoms with Crippen molar-refractivity contribution in [3.63, 3.8) is 0 Å². The summed E-state index contributed by atoms with van der Waals surface area (Å²) >= 11 is 0. The molecule has 0 unspecified atom stereocenters. The third-order valence-corrected chi connectivity index (χ3v) is 6.01. The van der Waals surface area contributed by atoms with Gasteiger partial charge in [-0.1, -0.05) is 0 Å². The molecule has 1 atom stereocenters. The number of nitrogens with one attached hydrogen (secondary N) is 1. The largest absolute Gasteiger partial charge is 0.494 e. The van der Waals surface area contributed by atoms with Crippen LogP contribution >= 0.6 is 0 Å². The highest BCUT2D eigenvalue weighted by molar-refractivity contribution is 6.09. The molecule has 1 aromatic carbocycles. The van der Waals surface area contributed by atoms with Crippen molar-refractivity contribution in [2.75, 3.05) is 30.4 Å². The van der Waals surface area contributed by atoms with Gasteiger partial charge in [0.1, 0.15) is 28.5 Å². The number of carbonyl (C=O) groups excluding carboxylic acids is 1. The highest BCUT2D eigenvalue weighted by Crippen LogP contribution is 2.41. The Balaban J connectivity index is 1.44. The third-order valence-electron chi connectivity index (χ3n) is 6.01. The molecule has 0 saturated carbocycles. The van der Waals surface area contributed by atoms with Crippen molar-refractivity contribution in [1.29, 1.82) is 0 Å². The number of rotatable bonds is 4. The average molecular weight is 437 g/mol. The molecular formula is C23H28N6O3. The third kappa shape index (κ3) is 3.73. The molecule has 2 aliphatic rings. The highest BCUT2D eigenvalue weighted by atomic mass is 16.5. The van der Waals surface area contributed by atoms with Gasteiger partial charge in [-0.2, -0.15) is 5.10 Å². The number of nitrogens with two attached hydrogens (primary N) is 1. The zero-order valence-electron chi connectivity index (χ0n) is 18.6. The molecule has 1 saturated heterocycles. The minimum atomic E-state index is -0.295. The Morgan fingerprint density at radius 3 is 3.00 bits per heavy atom. The van der Waals surface area contributed by atoms with E-state index in [2.05, 4.69) is 15.3 Å². The maximum atomic E-state index is 13.2. The predicted octanol–water partition coefficient (Wildman–Crippen LogP) is 2.63. The molecule has 0 bridgehead atoms. The molecule has 32 heavy (non-hydrogen) atoms. The topological polar surface area (TPSA) is 107 Å². The number of benzene rings is 1. The van der Waals surface area contributed by atoms with Gasteiger partial charge in [-0.15, -0.1) is 0 Å². The fourth-order valence-electron chi connectivity index (χ4n) is 4.50. The second kappa shape index (κ2) is 7.67. The summed E-state index contributed by atoms with van der Waals surface area (Å²) in [6.07, 6.45) is 6.16. The Labute approximate surface area is 186 Å². The first-order valence-electron chi connectivity index (χ1n) is 10.9. The van der Waals surface area contributed by atoms with Gasteiger partial charge in [0.2, 0.25) is 0 Å². The summed E-state index contributed by atoms with van der Waals surface area (Å²) < 4.78 is 13.1. The first kappa shape index (κ1) is 20.6. The summed E-state index contributed by atoms with van der Waals surface area (Å²) in [5, 5.41) is 7.27. The van der Waals surface area contributed by atoms with Gasteiger partial charge in [0.25, 0.3) is 5.91 Å². The molecule has 3 N–H and O–H groups in total. The molecule has 0 aliphatic carbocycles. The number of piperidine rings is 1. The van der Waals surface area contributed by atoms with E-state index in [0.717, 1.165) is 49.5 Å². The first-order chi connectivity index (χ1) is 15.3. The number of hydrogen-bond donors (Lipinski definition) is 2. The molecule has 1 amide bonds. The molecular weight excluding hydrogens is 408 g/mol. The number of carbonyl (C=O) groups is 1. The van der Waals surface area contributed by atoms with Crippen LogP contribution in [0.2, 0.25) is 0 Å². The van der Waals surface area contributed by atoms with Crippen LogP contribution in [0.25, 0.3) is 5.65 Å². The monoisotopic (exact) mass is 436 g/mol. The fourth-order valence-corrected chi connectivity index (χ4v) is 4.50. The minimum Gasteiger partial charge on any atom is -0.494 e. The summed E-state index contributed by atoms with van der Waals surface area (Å²) in [5.74, 6) is 1.84. The van der Waals surface area contributed by atoms with Crippen LogP contribution in [0, 0.1) is 0 Å². The summed E-state index contributed by atoms with van der Waals surface area (Å²) in [4.78, 5) is 20.1. The van der Waals surface area contributed by atoms with Crippen molar-refractivity contribution in [2.24, 2.45) is 5.73 Å². The maximum absolute atomic E-state index is 13.2. The lowest BCUT2D eigenvalue weighted by Crippen LogP contribution is -2.43. The lowest BCUT2D eigenvalue weighted by Gasteiger charge is -2.31. The molecule has 0 spiro atoms. The van der Waals surface area contributed by atoms with Crippen molar-refractivity contribution in [1.82, 2.24) is 14.6 Å². The zero-order valence-corrected chi connectivity index (χ0v) is 18.6. The van der Waals surface area contributed by atoms with Crippen molar-refractivity contribution in [3.05, 3.63) is 41.7 Å². The van der Waals surface area contributed by atoms with Crippen LogP contribution in [0.15, 0.2) is 30.6 Å². The maximum Gasteiger partial charge on any atom is 0.261 e. The Hall–Kier alpha value is -3.33. The Bertz CT molecular complexity index is 1190. The second-order valence-corrected chi connectivity index (χ2v) is 9.11. The van der Waals surface area contributed by atoms with Crippen LogP contribution in [-0.4, -0.2) is 52.3 Å². The van der Waals surface area contributed by atoms with Crippen molar-refractivity contribution in [2.45, 2.75) is 44.8 Å². The Kier molecular flexibility index (Phi) is 4.93. The highest BCUT2D eigenvalue weighted by Gasteiger charge is 2.31. The lowest BCUT2D eigenvalue weighted by atomic mass is 10.0. The van der Waals surface area contributed by atoms with Gasteiger partial charge in [0.05, 0.1) is 19.0 Å². The summed E-state index contributed by atoms with van der Waals surface area (Å²) in [5.41, 5.74) is 8.37. The summed E-state index contributed by atoms with van der Waals surface area (Å²) in [6.45, 7) is 5.73. The van der Waals surface area contributed by atoms with Crippen LogP contribution in [-0.2, 0) is 6.42 Å². The van der Waals surface area contributed by atoms with E-state index in [1.54, 1.807) is 11.6 Å². The van der Waals surface area contributed by atoms with E-state index in [1.165, 1.54) is 6.20 Å². The molecule has 9 nitrogen and oxygen atoms in total. The predicted molar refractivity (Wildman–Crippen MR) is 122 cm³/mol. The molecule has 5 rings (SSSR count). The number of aromatic nitrogens is 3. The summed E-state index contributed by atoms with van der Waals surface area (Å²) in [6, 6.07) is 5.78. The van der Waals surface area contributed by atoms with Gasteiger partial charge in [-0.25, -0.2) is 9.50 Å². The van der Waals surface area contributed by atoms with E-state index in [0.29, 0.717) is 22.6 Å². The normalized spacial score (nSPS) is 19.5. The van der Waals surface area contributed by atoms with Gasteiger partial charge in [-0.05, 0) is 38.8 Å². The quantitative estimate of drug-likeness (QED) is 0.647. The van der Waals surface area contributed by atoms with Gasteiger partial charge in [0.15, 0.2) is 5.65 Å². The standard InChI is InChI=1S/C23H28N6O3/c1-23(2)11-14-9-17(19(31-3)10-18(14)32-23)26-22(30)16-12-25-29-8-6-20(27-21(16)29)28-7-4-5-15(24)13-28/h6,8-10,12,15H,4-5,7,11,13,24H2,1-3H3,(H,26,30)/t15-/m1/s1. The zero-order chi connectivity index (χ0) is 22.5. The minimum absolute atomic E-state index is 0.135. The van der Waals surface area contributed by atoms with Gasteiger partial charge >= 0.3 is 0 Å². The van der Waals surface area contributed by atoms with E-state index < -0.39 is 0 Å². The van der Waals surface area contributed by atoms with Crippen LogP contribution in [0.1, 0.15) is 42.6 Å². The molecule has 3 aromatic rings. The van der Waals surface area contributed by atoms with Gasteiger partial charge in [-0.3, -0.25) is 4.79 Å². The van der Waals surface area contributed by atoms with Gasteiger partial charge < -0.3 is 25.4 Å². The first-order valence-corrected chi connectivity index (χ1v) is 10.9. The molecule has 1 fully saturated rings. The molecule has 168 valence electrons. The van der Waals surface area contributed by atoms with E-state index in [1.807, 2.05) is 38.2 Å². The number of anilines is 2. The Morgan fingerprint density at radius 2 is 2.22 bits per heavy atom. The number of methoxy groups -OCH3 is 1. The Morgan fingerprint density at radius 1 is 1.38 bits per heavy atom. The number of amides is 1. The average Bonchev–Trinajstić information content (AvgIpc) is 3.31. The van der Waals surface area contributed by atoms with Crippen molar-refractivity contribution in [3.8, 4) is 11.5 Å². The number of fused-ring (bicyclic) bond motifs is 2. The molecule has 2 aromatic heterocycles. The van der Waals surface area contributed by atoms with E-state index >= 15 is 0 Å². The summed E-state index contributed by atoms with van der Waals surface area (Å²) in [7, 11) is 1.57. The van der Waals surface area contributed by atoms with E-state index in [9.17, 15) is 4.79 Å². The number of hydrogen-bond acceptors (Lipinski definition) is 7. The van der Waals surface area contributed by atoms with E-state index in [-0.39, 0.29) is 17.6 Å². The van der Waals surface area contributed by atoms with Crippen LogP contribution in [0.3, 0.4) is 0 Å². The lowest BCUT2D eigenvalue weighted by molar-refractivity contribution is 0.102. The molecule has 4 heterocycles. The van der Waals surface area contributed by atoms with Crippen LogP contribution in [0.5, 0.6) is 11.5 Å². The molecule has 0 radical (unpaired) electrons. The van der Waals surface area contributed by atoms with Crippen molar-refractivity contribution >= 4 is 23.1 Å². The fraction of sp³-hybridized carbons (Fsp3) is 0.435. The number of nitrogens with zero attached hydrogens (tertiary/aromatic N) is 4. The second-order valence-electron chi connectivity index (χ2n) is 9.11. The SMILES string of the molecule is COc1cc2c(cc1NC(=O)c1cnn3ccc(N4CCC[C@@H](N)C4)nc13)CC(C)(C)O2. The van der Waals surface area contributed by atoms with E-state index in [4.69, 9.17) is 20.2 Å². The molecule has 9 heteroatoms. The molecule has 2 aliphatic heterocycles.